The summed E-state index contributed by atoms with van der Waals surface area (Å²) in [6.07, 6.45) is 11.8. The van der Waals surface area contributed by atoms with Crippen LogP contribution in [-0.4, -0.2) is 29.2 Å². The monoisotopic (exact) mass is 316 g/mol. The Morgan fingerprint density at radius 1 is 1.17 bits per heavy atom. The van der Waals surface area contributed by atoms with Gasteiger partial charge in [0.1, 0.15) is 5.82 Å². The van der Waals surface area contributed by atoms with Crippen LogP contribution < -0.4 is 10.6 Å². The lowest BCUT2D eigenvalue weighted by atomic mass is 9.97. The van der Waals surface area contributed by atoms with Crippen molar-refractivity contribution >= 4 is 11.7 Å². The highest BCUT2D eigenvalue weighted by Crippen LogP contribution is 2.19. The molecule has 1 amide bonds. The van der Waals surface area contributed by atoms with Crippen molar-refractivity contribution < 1.29 is 4.79 Å². The zero-order valence-corrected chi connectivity index (χ0v) is 14.1. The maximum Gasteiger partial charge on any atom is 0.271 e. The summed E-state index contributed by atoms with van der Waals surface area (Å²) in [6.45, 7) is 3.70. The number of carbonyl (C=O) groups excluding carboxylic acids is 1. The van der Waals surface area contributed by atoms with Crippen LogP contribution in [0.15, 0.2) is 23.8 Å². The van der Waals surface area contributed by atoms with Crippen molar-refractivity contribution in [2.45, 2.75) is 58.3 Å². The molecule has 23 heavy (non-hydrogen) atoms. The maximum atomic E-state index is 11.9. The molecule has 2 N–H and O–H groups in total. The van der Waals surface area contributed by atoms with E-state index >= 15 is 0 Å². The minimum atomic E-state index is -0.146. The molecule has 5 nitrogen and oxygen atoms in total. The number of allylic oxidation sites excluding steroid dienone is 1. The summed E-state index contributed by atoms with van der Waals surface area (Å²) in [5.74, 6) is 0.580. The molecule has 0 bridgehead atoms. The number of carbonyl (C=O) groups is 1. The quantitative estimate of drug-likeness (QED) is 0.538. The van der Waals surface area contributed by atoms with Crippen molar-refractivity contribution in [1.29, 1.82) is 0 Å². The summed E-state index contributed by atoms with van der Waals surface area (Å²) < 4.78 is 0. The fraction of sp³-hybridized carbons (Fsp3) is 0.611. The Bertz CT molecular complexity index is 510. The molecule has 1 aliphatic rings. The zero-order valence-electron chi connectivity index (χ0n) is 14.1. The molecule has 0 aromatic carbocycles. The van der Waals surface area contributed by atoms with Gasteiger partial charge in [0.15, 0.2) is 5.69 Å². The second-order valence-electron chi connectivity index (χ2n) is 6.05. The van der Waals surface area contributed by atoms with Crippen LogP contribution in [0.5, 0.6) is 0 Å². The third-order valence-electron chi connectivity index (χ3n) is 4.10. The van der Waals surface area contributed by atoms with E-state index in [0.717, 1.165) is 38.0 Å². The van der Waals surface area contributed by atoms with Crippen LogP contribution in [0.4, 0.5) is 5.82 Å². The lowest BCUT2D eigenvalue weighted by Gasteiger charge is -2.13. The van der Waals surface area contributed by atoms with Gasteiger partial charge in [0.2, 0.25) is 0 Å². The van der Waals surface area contributed by atoms with Crippen LogP contribution in [0.1, 0.15) is 68.8 Å². The molecule has 0 aliphatic heterocycles. The molecule has 0 saturated heterocycles. The summed E-state index contributed by atoms with van der Waals surface area (Å²) in [6, 6.07) is 3.55. The molecule has 0 spiro atoms. The van der Waals surface area contributed by atoms with E-state index in [4.69, 9.17) is 0 Å². The molecule has 1 aromatic heterocycles. The van der Waals surface area contributed by atoms with E-state index in [-0.39, 0.29) is 5.91 Å². The second kappa shape index (κ2) is 9.98. The molecule has 1 aromatic rings. The summed E-state index contributed by atoms with van der Waals surface area (Å²) in [7, 11) is 0. The molecule has 0 fully saturated rings. The molecule has 126 valence electrons. The van der Waals surface area contributed by atoms with Crippen LogP contribution in [0.3, 0.4) is 0 Å². The number of hydrogen-bond acceptors (Lipinski definition) is 4. The number of anilines is 1. The predicted molar refractivity (Wildman–Crippen MR) is 93.5 cm³/mol. The molecule has 1 aliphatic carbocycles. The van der Waals surface area contributed by atoms with Crippen LogP contribution >= 0.6 is 0 Å². The molecular formula is C18H28N4O. The van der Waals surface area contributed by atoms with E-state index in [0.29, 0.717) is 12.2 Å². The van der Waals surface area contributed by atoms with Gasteiger partial charge in [-0.1, -0.05) is 31.4 Å². The number of nitrogens with zero attached hydrogens (tertiary/aromatic N) is 2. The Morgan fingerprint density at radius 2 is 2.09 bits per heavy atom. The third kappa shape index (κ3) is 6.38. The number of hydrogen-bond donors (Lipinski definition) is 2. The van der Waals surface area contributed by atoms with Crippen molar-refractivity contribution in [1.82, 2.24) is 15.5 Å². The van der Waals surface area contributed by atoms with E-state index in [9.17, 15) is 4.79 Å². The number of amides is 1. The Morgan fingerprint density at radius 3 is 2.78 bits per heavy atom. The topological polar surface area (TPSA) is 66.9 Å². The average molecular weight is 316 g/mol. The van der Waals surface area contributed by atoms with Crippen molar-refractivity contribution in [3.63, 3.8) is 0 Å². The molecule has 2 rings (SSSR count). The number of rotatable bonds is 9. The van der Waals surface area contributed by atoms with Gasteiger partial charge in [-0.15, -0.1) is 10.2 Å². The molecule has 0 atom stereocenters. The van der Waals surface area contributed by atoms with Crippen molar-refractivity contribution in [3.05, 3.63) is 29.5 Å². The molecule has 0 saturated carbocycles. The van der Waals surface area contributed by atoms with Gasteiger partial charge in [-0.2, -0.15) is 0 Å². The van der Waals surface area contributed by atoms with Gasteiger partial charge in [0, 0.05) is 13.1 Å². The first-order valence-corrected chi connectivity index (χ1v) is 8.83. The predicted octanol–water partition coefficient (Wildman–Crippen LogP) is 3.70. The van der Waals surface area contributed by atoms with Crippen LogP contribution in [0.2, 0.25) is 0 Å². The van der Waals surface area contributed by atoms with E-state index in [1.165, 1.54) is 25.7 Å². The summed E-state index contributed by atoms with van der Waals surface area (Å²) in [5, 5.41) is 14.2. The highest BCUT2D eigenvalue weighted by atomic mass is 16.1. The van der Waals surface area contributed by atoms with E-state index < -0.39 is 0 Å². The van der Waals surface area contributed by atoms with Crippen molar-refractivity contribution in [3.8, 4) is 0 Å². The molecule has 5 heteroatoms. The fourth-order valence-electron chi connectivity index (χ4n) is 2.70. The number of unbranched alkanes of at least 4 members (excludes halogenated alkanes) is 2. The van der Waals surface area contributed by atoms with Gasteiger partial charge < -0.3 is 10.6 Å². The first kappa shape index (κ1) is 17.4. The Kier molecular flexibility index (Phi) is 7.57. The van der Waals surface area contributed by atoms with E-state index in [1.54, 1.807) is 11.6 Å². The largest absolute Gasteiger partial charge is 0.368 e. The van der Waals surface area contributed by atoms with Gasteiger partial charge in [-0.3, -0.25) is 4.79 Å². The summed E-state index contributed by atoms with van der Waals surface area (Å²) in [5.41, 5.74) is 1.92. The van der Waals surface area contributed by atoms with Gasteiger partial charge in [0.25, 0.3) is 5.91 Å². The Hall–Kier alpha value is -1.91. The summed E-state index contributed by atoms with van der Waals surface area (Å²) >= 11 is 0. The highest BCUT2D eigenvalue weighted by Gasteiger charge is 2.08. The van der Waals surface area contributed by atoms with Crippen molar-refractivity contribution in [2.24, 2.45) is 0 Å². The number of nitrogens with one attached hydrogen (secondary N) is 2. The van der Waals surface area contributed by atoms with E-state index in [2.05, 4.69) is 33.8 Å². The zero-order chi connectivity index (χ0) is 16.3. The molecule has 1 heterocycles. The lowest BCUT2D eigenvalue weighted by molar-refractivity contribution is 0.0947. The van der Waals surface area contributed by atoms with Gasteiger partial charge in [-0.25, -0.2) is 0 Å². The number of aromatic nitrogens is 2. The minimum absolute atomic E-state index is 0.146. The Labute approximate surface area is 139 Å². The molecular weight excluding hydrogens is 288 g/mol. The first-order valence-electron chi connectivity index (χ1n) is 8.83. The highest BCUT2D eigenvalue weighted by molar-refractivity contribution is 5.92. The normalized spacial score (nSPS) is 14.2. The van der Waals surface area contributed by atoms with Gasteiger partial charge in [-0.05, 0) is 50.7 Å². The fourth-order valence-corrected chi connectivity index (χ4v) is 2.70. The summed E-state index contributed by atoms with van der Waals surface area (Å²) in [4.78, 5) is 11.9. The van der Waals surface area contributed by atoms with Gasteiger partial charge in [0.05, 0.1) is 0 Å². The second-order valence-corrected chi connectivity index (χ2v) is 6.05. The van der Waals surface area contributed by atoms with Crippen molar-refractivity contribution in [2.75, 3.05) is 18.4 Å². The Balaban J connectivity index is 1.71. The molecule has 0 radical (unpaired) electrons. The van der Waals surface area contributed by atoms with E-state index in [1.807, 2.05) is 6.07 Å². The smallest absolute Gasteiger partial charge is 0.271 e. The van der Waals surface area contributed by atoms with Crippen LogP contribution in [-0.2, 0) is 0 Å². The lowest BCUT2D eigenvalue weighted by Crippen LogP contribution is -2.25. The van der Waals surface area contributed by atoms with Crippen LogP contribution in [0, 0.1) is 0 Å². The minimum Gasteiger partial charge on any atom is -0.368 e. The SMILES string of the molecule is CCCCCNC(=O)c1ccc(NCCC2=CCCCC2)nn1. The maximum absolute atomic E-state index is 11.9. The molecule has 0 unspecified atom stereocenters. The third-order valence-corrected chi connectivity index (χ3v) is 4.10. The van der Waals surface area contributed by atoms with Crippen LogP contribution in [0.25, 0.3) is 0 Å². The standard InChI is InChI=1S/C18H28N4O/c1-2-3-7-13-20-18(23)16-10-11-17(22-21-16)19-14-12-15-8-5-4-6-9-15/h8,10-11H,2-7,9,12-14H2,1H3,(H,19,22)(H,20,23). The van der Waals surface area contributed by atoms with Gasteiger partial charge >= 0.3 is 0 Å². The average Bonchev–Trinajstić information content (AvgIpc) is 2.60. The first-order chi connectivity index (χ1) is 11.3.